The summed E-state index contributed by atoms with van der Waals surface area (Å²) in [5, 5.41) is 3.75. The molecule has 1 atom stereocenters. The van der Waals surface area contributed by atoms with Crippen LogP contribution in [0.3, 0.4) is 0 Å². The standard InChI is InChI=1S/C15H27N3O2/c1-14(2,3)12(19)11-7-8-16-9-10-17(15(4,5)6)13(20)18(11)16/h11H,7-10H2,1-6H3/t11-/m0/s1. The highest BCUT2D eigenvalue weighted by atomic mass is 16.2. The van der Waals surface area contributed by atoms with Gasteiger partial charge in [0, 0.05) is 30.6 Å². The first kappa shape index (κ1) is 15.3. The number of hydrazine groups is 1. The highest BCUT2D eigenvalue weighted by molar-refractivity contribution is 5.92. The van der Waals surface area contributed by atoms with Gasteiger partial charge in [0.15, 0.2) is 5.78 Å². The Morgan fingerprint density at radius 2 is 1.65 bits per heavy atom. The van der Waals surface area contributed by atoms with Crippen molar-refractivity contribution in [3.63, 3.8) is 0 Å². The van der Waals surface area contributed by atoms with Gasteiger partial charge in [0.05, 0.1) is 0 Å². The molecule has 114 valence electrons. The molecule has 5 nitrogen and oxygen atoms in total. The van der Waals surface area contributed by atoms with E-state index in [0.717, 1.165) is 26.1 Å². The molecule has 2 amide bonds. The molecule has 5 heteroatoms. The summed E-state index contributed by atoms with van der Waals surface area (Å²) in [4.78, 5) is 27.2. The van der Waals surface area contributed by atoms with E-state index in [2.05, 4.69) is 0 Å². The summed E-state index contributed by atoms with van der Waals surface area (Å²) in [6, 6.07) is -0.323. The van der Waals surface area contributed by atoms with Crippen LogP contribution in [0.25, 0.3) is 0 Å². The Labute approximate surface area is 121 Å². The van der Waals surface area contributed by atoms with Gasteiger partial charge in [-0.05, 0) is 27.2 Å². The normalized spacial score (nSPS) is 25.1. The third-order valence-corrected chi connectivity index (χ3v) is 4.12. The van der Waals surface area contributed by atoms with Crippen LogP contribution in [0.15, 0.2) is 0 Å². The number of carbonyl (C=O) groups is 2. The lowest BCUT2D eigenvalue weighted by atomic mass is 9.85. The summed E-state index contributed by atoms with van der Waals surface area (Å²) in [5.41, 5.74) is -0.619. The minimum Gasteiger partial charge on any atom is -0.317 e. The maximum Gasteiger partial charge on any atom is 0.335 e. The van der Waals surface area contributed by atoms with Crippen LogP contribution in [0.5, 0.6) is 0 Å². The van der Waals surface area contributed by atoms with Gasteiger partial charge in [-0.15, -0.1) is 0 Å². The molecule has 2 heterocycles. The molecule has 0 aromatic carbocycles. The quantitative estimate of drug-likeness (QED) is 0.739. The fraction of sp³-hybridized carbons (Fsp3) is 0.867. The van der Waals surface area contributed by atoms with E-state index >= 15 is 0 Å². The van der Waals surface area contributed by atoms with Crippen molar-refractivity contribution >= 4 is 11.8 Å². The highest BCUT2D eigenvalue weighted by Gasteiger charge is 2.48. The molecule has 0 unspecified atom stereocenters. The number of fused-ring (bicyclic) bond motifs is 1. The van der Waals surface area contributed by atoms with E-state index in [9.17, 15) is 9.59 Å². The first-order valence-corrected chi connectivity index (χ1v) is 7.43. The zero-order valence-corrected chi connectivity index (χ0v) is 13.6. The van der Waals surface area contributed by atoms with Crippen LogP contribution in [0.4, 0.5) is 4.79 Å². The Morgan fingerprint density at radius 3 is 2.15 bits per heavy atom. The number of hydrogen-bond acceptors (Lipinski definition) is 3. The fourth-order valence-corrected chi connectivity index (χ4v) is 2.97. The molecule has 2 aliphatic rings. The minimum absolute atomic E-state index is 0.0242. The van der Waals surface area contributed by atoms with Crippen LogP contribution < -0.4 is 0 Å². The van der Waals surface area contributed by atoms with Crippen molar-refractivity contribution in [2.45, 2.75) is 59.5 Å². The molecule has 2 fully saturated rings. The molecular weight excluding hydrogens is 254 g/mol. The molecular formula is C15H27N3O2. The van der Waals surface area contributed by atoms with Gasteiger partial charge >= 0.3 is 6.03 Å². The van der Waals surface area contributed by atoms with Gasteiger partial charge < -0.3 is 4.90 Å². The van der Waals surface area contributed by atoms with E-state index in [1.807, 2.05) is 51.5 Å². The maximum atomic E-state index is 12.8. The number of carbonyl (C=O) groups excluding carboxylic acids is 2. The molecule has 2 saturated heterocycles. The van der Waals surface area contributed by atoms with Gasteiger partial charge in [0.25, 0.3) is 0 Å². The molecule has 0 aromatic heterocycles. The Hall–Kier alpha value is -1.10. The summed E-state index contributed by atoms with van der Waals surface area (Å²) >= 11 is 0. The van der Waals surface area contributed by atoms with E-state index < -0.39 is 5.41 Å². The van der Waals surface area contributed by atoms with Crippen molar-refractivity contribution in [1.29, 1.82) is 0 Å². The number of hydrogen-bond donors (Lipinski definition) is 0. The van der Waals surface area contributed by atoms with E-state index in [0.29, 0.717) is 0 Å². The van der Waals surface area contributed by atoms with Gasteiger partial charge in [-0.3, -0.25) is 4.79 Å². The maximum absolute atomic E-state index is 12.8. The molecule has 20 heavy (non-hydrogen) atoms. The van der Waals surface area contributed by atoms with Crippen molar-refractivity contribution in [3.8, 4) is 0 Å². The van der Waals surface area contributed by atoms with E-state index in [4.69, 9.17) is 0 Å². The van der Waals surface area contributed by atoms with E-state index in [1.54, 1.807) is 5.01 Å². The summed E-state index contributed by atoms with van der Waals surface area (Å²) in [6.45, 7) is 14.2. The van der Waals surface area contributed by atoms with Gasteiger partial charge in [0.2, 0.25) is 0 Å². The zero-order chi connectivity index (χ0) is 15.3. The predicted octanol–water partition coefficient (Wildman–Crippen LogP) is 2.13. The van der Waals surface area contributed by atoms with Crippen molar-refractivity contribution < 1.29 is 9.59 Å². The first-order chi connectivity index (χ1) is 9.03. The number of Topliss-reactive ketones (excluding diaryl/α,β-unsaturated/α-hetero) is 1. The van der Waals surface area contributed by atoms with Crippen molar-refractivity contribution in [1.82, 2.24) is 14.9 Å². The average molecular weight is 281 g/mol. The van der Waals surface area contributed by atoms with Gasteiger partial charge in [-0.2, -0.15) is 0 Å². The third kappa shape index (κ3) is 2.55. The Morgan fingerprint density at radius 1 is 1.05 bits per heavy atom. The number of amides is 2. The summed E-state index contributed by atoms with van der Waals surface area (Å²) < 4.78 is 0. The second-order valence-corrected chi connectivity index (χ2v) is 7.82. The van der Waals surface area contributed by atoms with E-state index in [-0.39, 0.29) is 23.4 Å². The van der Waals surface area contributed by atoms with Crippen LogP contribution >= 0.6 is 0 Å². The number of nitrogens with zero attached hydrogens (tertiary/aromatic N) is 3. The van der Waals surface area contributed by atoms with Gasteiger partial charge in [-0.25, -0.2) is 14.8 Å². The largest absolute Gasteiger partial charge is 0.335 e. The van der Waals surface area contributed by atoms with Crippen molar-refractivity contribution in [2.75, 3.05) is 19.6 Å². The molecule has 0 aliphatic carbocycles. The molecule has 2 aliphatic heterocycles. The van der Waals surface area contributed by atoms with Crippen LogP contribution in [-0.4, -0.2) is 57.9 Å². The highest BCUT2D eigenvalue weighted by Crippen LogP contribution is 2.31. The molecule has 0 N–H and O–H groups in total. The van der Waals surface area contributed by atoms with Crippen molar-refractivity contribution in [3.05, 3.63) is 0 Å². The van der Waals surface area contributed by atoms with E-state index in [1.165, 1.54) is 0 Å². The Bertz CT molecular complexity index is 420. The summed E-state index contributed by atoms with van der Waals surface area (Å²) in [7, 11) is 0. The summed E-state index contributed by atoms with van der Waals surface area (Å²) in [5.74, 6) is 0.157. The Kier molecular flexibility index (Phi) is 3.61. The first-order valence-electron chi connectivity index (χ1n) is 7.43. The van der Waals surface area contributed by atoms with Crippen LogP contribution in [0, 0.1) is 5.41 Å². The summed E-state index contributed by atoms with van der Waals surface area (Å²) in [6.07, 6.45) is 0.750. The van der Waals surface area contributed by atoms with Crippen LogP contribution in [0.2, 0.25) is 0 Å². The smallest absolute Gasteiger partial charge is 0.317 e. The number of urea groups is 1. The Balaban J connectivity index is 2.25. The minimum atomic E-state index is -0.412. The lowest BCUT2D eigenvalue weighted by Gasteiger charge is -2.47. The van der Waals surface area contributed by atoms with Crippen LogP contribution in [-0.2, 0) is 4.79 Å². The van der Waals surface area contributed by atoms with Gasteiger partial charge in [0.1, 0.15) is 6.04 Å². The topological polar surface area (TPSA) is 43.9 Å². The fourth-order valence-electron chi connectivity index (χ4n) is 2.97. The second kappa shape index (κ2) is 4.72. The van der Waals surface area contributed by atoms with Crippen molar-refractivity contribution in [2.24, 2.45) is 5.41 Å². The third-order valence-electron chi connectivity index (χ3n) is 4.12. The molecule has 0 radical (unpaired) electrons. The second-order valence-electron chi connectivity index (χ2n) is 7.82. The molecule has 0 bridgehead atoms. The monoisotopic (exact) mass is 281 g/mol. The molecule has 0 aromatic rings. The lowest BCUT2D eigenvalue weighted by molar-refractivity contribution is -0.135. The molecule has 0 saturated carbocycles. The molecule has 2 rings (SSSR count). The lowest BCUT2D eigenvalue weighted by Crippen LogP contribution is -2.64. The molecule has 0 spiro atoms. The predicted molar refractivity (Wildman–Crippen MR) is 78.1 cm³/mol. The SMILES string of the molecule is CC(C)(C)C(=O)[C@@H]1CCN2CCN(C(C)(C)C)C(=O)N12. The number of rotatable bonds is 1. The van der Waals surface area contributed by atoms with Crippen LogP contribution in [0.1, 0.15) is 48.0 Å². The number of ketones is 1. The average Bonchev–Trinajstić information content (AvgIpc) is 2.69. The zero-order valence-electron chi connectivity index (χ0n) is 13.6. The van der Waals surface area contributed by atoms with Gasteiger partial charge in [-0.1, -0.05) is 20.8 Å².